The van der Waals surface area contributed by atoms with Crippen LogP contribution in [0.4, 0.5) is 0 Å². The number of phosphoric ester groups is 1. The van der Waals surface area contributed by atoms with E-state index in [0.717, 1.165) is 96.3 Å². The van der Waals surface area contributed by atoms with Crippen molar-refractivity contribution >= 4 is 13.8 Å². The molecule has 0 spiro atoms. The van der Waals surface area contributed by atoms with E-state index in [4.69, 9.17) is 24.3 Å². The van der Waals surface area contributed by atoms with Gasteiger partial charge in [0.25, 0.3) is 0 Å². The lowest BCUT2D eigenvalue weighted by molar-refractivity contribution is -0.154. The molecule has 2 atom stereocenters. The molecule has 0 aliphatic rings. The number of allylic oxidation sites excluding steroid dienone is 14. The fraction of sp³-hybridized carbons (Fsp3) is 0.741. The summed E-state index contributed by atoms with van der Waals surface area (Å²) in [7, 11) is -4.30. The average Bonchev–Trinajstić information content (AvgIpc) is 3.32. The van der Waals surface area contributed by atoms with Crippen molar-refractivity contribution in [2.24, 2.45) is 5.73 Å². The fourth-order valence-electron chi connectivity index (χ4n) is 7.57. The number of hydrogen-bond donors (Lipinski definition) is 2. The highest BCUT2D eigenvalue weighted by Gasteiger charge is 2.25. The predicted molar refractivity (Wildman–Crippen MR) is 288 cm³/mol. The normalized spacial score (nSPS) is 13.9. The first-order chi connectivity index (χ1) is 32.9. The van der Waals surface area contributed by atoms with Gasteiger partial charge in [0.05, 0.1) is 19.8 Å². The molecule has 0 radical (unpaired) electrons. The maximum Gasteiger partial charge on any atom is 0.472 e. The topological polar surface area (TPSA) is 117 Å². The molecule has 0 saturated carbocycles. The Kier molecular flexibility index (Phi) is 52.7. The largest absolute Gasteiger partial charge is 0.472 e. The van der Waals surface area contributed by atoms with Gasteiger partial charge in [-0.2, -0.15) is 0 Å². The molecule has 2 unspecified atom stereocenters. The molecule has 0 amide bonds. The number of nitrogens with two attached hydrogens (primary N) is 1. The van der Waals surface area contributed by atoms with Crippen LogP contribution in [0.15, 0.2) is 85.1 Å². The highest BCUT2D eigenvalue weighted by molar-refractivity contribution is 7.47. The summed E-state index contributed by atoms with van der Waals surface area (Å²) in [6.07, 6.45) is 72.0. The molecule has 67 heavy (non-hydrogen) atoms. The number of carbonyl (C=O) groups is 1. The SMILES string of the molecule is CC/C=C\C/C=C\C/C=C\C/C=C\C/C=C\C/C=C\C/C=C\CCCCCCOCC(COP(=O)(O)OCCN)OC(=O)CCCCCCCCCCCCCCCCCCCCCCCC. The molecule has 3 N–H and O–H groups in total. The summed E-state index contributed by atoms with van der Waals surface area (Å²) in [5.41, 5.74) is 5.40. The Bertz CT molecular complexity index is 1310. The van der Waals surface area contributed by atoms with Crippen LogP contribution in [0, 0.1) is 0 Å². The van der Waals surface area contributed by atoms with E-state index in [9.17, 15) is 14.3 Å². The van der Waals surface area contributed by atoms with Gasteiger partial charge in [0, 0.05) is 19.6 Å². The molecule has 0 fully saturated rings. The standard InChI is InChI=1S/C58H104NO7P/c1-3-5-7-9-11-13-15-17-19-21-23-25-27-28-29-30-32-34-36-38-40-42-44-46-48-50-53-63-55-57(56-65-67(61,62)64-54-52-59)66-58(60)51-49-47-45-43-41-39-37-35-33-31-26-24-22-20-18-16-14-12-10-8-6-4-2/h5,7,11,13,17,19,23,25,28-29,32,34,38,40,57H,3-4,6,8-10,12,14-16,18,20-22,24,26-27,30-31,33,35-37,39,41-56,59H2,1-2H3,(H,61,62)/b7-5-,13-11-,19-17-,25-23-,29-28-,34-32-,40-38-. The average molecular weight is 958 g/mol. The smallest absolute Gasteiger partial charge is 0.457 e. The van der Waals surface area contributed by atoms with E-state index in [-0.39, 0.29) is 32.3 Å². The third kappa shape index (κ3) is 54.5. The Morgan fingerprint density at radius 2 is 0.836 bits per heavy atom. The van der Waals surface area contributed by atoms with Gasteiger partial charge in [-0.05, 0) is 70.6 Å². The second kappa shape index (κ2) is 54.6. The van der Waals surface area contributed by atoms with Crippen LogP contribution in [-0.4, -0.2) is 49.9 Å². The van der Waals surface area contributed by atoms with Crippen LogP contribution in [0.1, 0.15) is 239 Å². The molecule has 0 aromatic carbocycles. The fourth-order valence-corrected chi connectivity index (χ4v) is 8.33. The van der Waals surface area contributed by atoms with E-state index in [2.05, 4.69) is 98.9 Å². The van der Waals surface area contributed by atoms with E-state index in [1.807, 2.05) is 0 Å². The number of carbonyl (C=O) groups excluding carboxylic acids is 1. The van der Waals surface area contributed by atoms with Gasteiger partial charge in [0.2, 0.25) is 0 Å². The van der Waals surface area contributed by atoms with Crippen LogP contribution in [0.2, 0.25) is 0 Å². The molecular weight excluding hydrogens is 854 g/mol. The van der Waals surface area contributed by atoms with Gasteiger partial charge in [-0.1, -0.05) is 247 Å². The minimum Gasteiger partial charge on any atom is -0.457 e. The molecule has 388 valence electrons. The number of hydrogen-bond acceptors (Lipinski definition) is 7. The van der Waals surface area contributed by atoms with Crippen molar-refractivity contribution in [3.8, 4) is 0 Å². The van der Waals surface area contributed by atoms with Crippen LogP contribution in [0.3, 0.4) is 0 Å². The summed E-state index contributed by atoms with van der Waals surface area (Å²) in [6.45, 7) is 4.77. The number of phosphoric acid groups is 1. The third-order valence-electron chi connectivity index (χ3n) is 11.6. The Balaban J connectivity index is 3.99. The molecule has 8 nitrogen and oxygen atoms in total. The molecule has 0 bridgehead atoms. The third-order valence-corrected chi connectivity index (χ3v) is 12.6. The monoisotopic (exact) mass is 958 g/mol. The van der Waals surface area contributed by atoms with Crippen molar-refractivity contribution in [3.05, 3.63) is 85.1 Å². The van der Waals surface area contributed by atoms with Gasteiger partial charge < -0.3 is 20.1 Å². The summed E-state index contributed by atoms with van der Waals surface area (Å²) in [5.74, 6) is -0.338. The number of unbranched alkanes of at least 4 members (excludes halogenated alkanes) is 25. The number of esters is 1. The van der Waals surface area contributed by atoms with Crippen molar-refractivity contribution in [2.45, 2.75) is 245 Å². The molecule has 0 saturated heterocycles. The zero-order valence-corrected chi connectivity index (χ0v) is 44.3. The van der Waals surface area contributed by atoms with Gasteiger partial charge in [0.15, 0.2) is 0 Å². The summed E-state index contributed by atoms with van der Waals surface area (Å²) < 4.78 is 33.6. The van der Waals surface area contributed by atoms with Crippen LogP contribution < -0.4 is 5.73 Å². The minimum atomic E-state index is -4.30. The summed E-state index contributed by atoms with van der Waals surface area (Å²) in [6, 6.07) is 0. The van der Waals surface area contributed by atoms with E-state index in [0.29, 0.717) is 13.0 Å². The van der Waals surface area contributed by atoms with Crippen LogP contribution in [0.25, 0.3) is 0 Å². The minimum absolute atomic E-state index is 0.0928. The Hall–Kier alpha value is -2.32. The van der Waals surface area contributed by atoms with Crippen molar-refractivity contribution < 1.29 is 32.8 Å². The van der Waals surface area contributed by atoms with E-state index in [1.54, 1.807) is 0 Å². The first-order valence-corrected chi connectivity index (χ1v) is 29.1. The number of ether oxygens (including phenoxy) is 2. The summed E-state index contributed by atoms with van der Waals surface area (Å²) in [5, 5.41) is 0. The Labute approximate surface area is 413 Å². The molecule has 0 rings (SSSR count). The van der Waals surface area contributed by atoms with E-state index < -0.39 is 13.9 Å². The highest BCUT2D eigenvalue weighted by Crippen LogP contribution is 2.43. The Morgan fingerprint density at radius 3 is 1.25 bits per heavy atom. The predicted octanol–water partition coefficient (Wildman–Crippen LogP) is 17.6. The van der Waals surface area contributed by atoms with Crippen LogP contribution in [-0.2, 0) is 27.9 Å². The molecule has 0 heterocycles. The van der Waals surface area contributed by atoms with Crippen LogP contribution >= 0.6 is 7.82 Å². The molecule has 0 aromatic heterocycles. The lowest BCUT2D eigenvalue weighted by Crippen LogP contribution is -2.28. The zero-order valence-electron chi connectivity index (χ0n) is 43.4. The van der Waals surface area contributed by atoms with Gasteiger partial charge in [-0.25, -0.2) is 4.57 Å². The molecule has 0 aliphatic heterocycles. The molecular formula is C58H104NO7P. The maximum absolute atomic E-state index is 12.7. The highest BCUT2D eigenvalue weighted by atomic mass is 31.2. The van der Waals surface area contributed by atoms with E-state index in [1.165, 1.54) is 122 Å². The second-order valence-corrected chi connectivity index (χ2v) is 19.5. The molecule has 0 aliphatic carbocycles. The van der Waals surface area contributed by atoms with E-state index >= 15 is 0 Å². The molecule has 0 aromatic rings. The lowest BCUT2D eigenvalue weighted by atomic mass is 10.0. The molecule has 9 heteroatoms. The lowest BCUT2D eigenvalue weighted by Gasteiger charge is -2.20. The maximum atomic E-state index is 12.7. The quantitative estimate of drug-likeness (QED) is 0.0268. The van der Waals surface area contributed by atoms with Gasteiger partial charge in [-0.3, -0.25) is 13.8 Å². The van der Waals surface area contributed by atoms with Crippen molar-refractivity contribution in [1.29, 1.82) is 0 Å². The van der Waals surface area contributed by atoms with Gasteiger partial charge in [0.1, 0.15) is 6.10 Å². The van der Waals surface area contributed by atoms with Crippen molar-refractivity contribution in [1.82, 2.24) is 0 Å². The van der Waals surface area contributed by atoms with Crippen LogP contribution in [0.5, 0.6) is 0 Å². The van der Waals surface area contributed by atoms with Gasteiger partial charge >= 0.3 is 13.8 Å². The first kappa shape index (κ1) is 64.7. The first-order valence-electron chi connectivity index (χ1n) is 27.6. The second-order valence-electron chi connectivity index (χ2n) is 18.1. The summed E-state index contributed by atoms with van der Waals surface area (Å²) >= 11 is 0. The number of rotatable bonds is 52. The summed E-state index contributed by atoms with van der Waals surface area (Å²) in [4.78, 5) is 22.6. The van der Waals surface area contributed by atoms with Crippen molar-refractivity contribution in [3.63, 3.8) is 0 Å². The van der Waals surface area contributed by atoms with Gasteiger partial charge in [-0.15, -0.1) is 0 Å². The Morgan fingerprint density at radius 1 is 0.463 bits per heavy atom. The zero-order chi connectivity index (χ0) is 48.7. The van der Waals surface area contributed by atoms with Crippen molar-refractivity contribution in [2.75, 3.05) is 33.0 Å².